The normalized spacial score (nSPS) is 10.9. The molecule has 3 aromatic heterocycles. The predicted molar refractivity (Wildman–Crippen MR) is 96.5 cm³/mol. The van der Waals surface area contributed by atoms with E-state index < -0.39 is 0 Å². The van der Waals surface area contributed by atoms with Gasteiger partial charge in [-0.15, -0.1) is 0 Å². The van der Waals surface area contributed by atoms with Gasteiger partial charge in [-0.05, 0) is 25.5 Å². The van der Waals surface area contributed by atoms with E-state index in [1.54, 1.807) is 6.20 Å². The number of aromatic nitrogens is 3. The number of benzene rings is 1. The van der Waals surface area contributed by atoms with Crippen molar-refractivity contribution in [2.75, 3.05) is 0 Å². The Morgan fingerprint density at radius 3 is 2.68 bits per heavy atom. The van der Waals surface area contributed by atoms with Crippen LogP contribution in [0.5, 0.6) is 0 Å². The first-order chi connectivity index (χ1) is 12.2. The third-order valence-electron chi connectivity index (χ3n) is 4.34. The summed E-state index contributed by atoms with van der Waals surface area (Å²) in [7, 11) is 0. The van der Waals surface area contributed by atoms with Crippen molar-refractivity contribution >= 4 is 16.7 Å². The Morgan fingerprint density at radius 1 is 1.20 bits per heavy atom. The molecule has 0 saturated heterocycles. The number of nitrogens with zero attached hydrogens (tertiary/aromatic N) is 4. The number of rotatable bonds is 3. The van der Waals surface area contributed by atoms with E-state index in [1.807, 2.05) is 38.2 Å². The third-order valence-corrected chi connectivity index (χ3v) is 4.34. The zero-order chi connectivity index (χ0) is 17.4. The van der Waals surface area contributed by atoms with Crippen LogP contribution in [0.1, 0.15) is 17.0 Å². The van der Waals surface area contributed by atoms with Crippen LogP contribution in [-0.2, 0) is 6.54 Å². The Labute approximate surface area is 145 Å². The van der Waals surface area contributed by atoms with Gasteiger partial charge in [-0.3, -0.25) is 4.98 Å². The first-order valence-corrected chi connectivity index (χ1v) is 8.01. The average Bonchev–Trinajstić information content (AvgIpc) is 3.15. The van der Waals surface area contributed by atoms with Crippen LogP contribution in [0.4, 0.5) is 5.69 Å². The van der Waals surface area contributed by atoms with E-state index in [9.17, 15) is 0 Å². The Hall–Kier alpha value is -3.39. The maximum atomic E-state index is 7.43. The number of hydrogen-bond donors (Lipinski definition) is 0. The zero-order valence-corrected chi connectivity index (χ0v) is 14.0. The third kappa shape index (κ3) is 2.58. The second-order valence-corrected chi connectivity index (χ2v) is 6.03. The molecule has 4 rings (SSSR count). The minimum absolute atomic E-state index is 0.566. The summed E-state index contributed by atoms with van der Waals surface area (Å²) in [6.45, 7) is 11.9. The zero-order valence-electron chi connectivity index (χ0n) is 14.0. The van der Waals surface area contributed by atoms with Gasteiger partial charge in [0, 0.05) is 30.1 Å². The molecule has 122 valence electrons. The summed E-state index contributed by atoms with van der Waals surface area (Å²) in [5, 5.41) is 4.03. The lowest BCUT2D eigenvalue weighted by atomic mass is 10.1. The molecule has 0 bridgehead atoms. The van der Waals surface area contributed by atoms with E-state index >= 15 is 0 Å². The van der Waals surface area contributed by atoms with Crippen molar-refractivity contribution in [1.82, 2.24) is 14.7 Å². The Kier molecular flexibility index (Phi) is 3.58. The van der Waals surface area contributed by atoms with Gasteiger partial charge in [-0.2, -0.15) is 0 Å². The van der Waals surface area contributed by atoms with Crippen molar-refractivity contribution in [2.24, 2.45) is 0 Å². The van der Waals surface area contributed by atoms with E-state index in [0.29, 0.717) is 12.2 Å². The van der Waals surface area contributed by atoms with Crippen molar-refractivity contribution in [3.8, 4) is 11.1 Å². The molecule has 5 heteroatoms. The van der Waals surface area contributed by atoms with Crippen molar-refractivity contribution in [2.45, 2.75) is 20.4 Å². The molecule has 5 nitrogen and oxygen atoms in total. The number of aryl methyl sites for hydroxylation is 2. The van der Waals surface area contributed by atoms with Crippen molar-refractivity contribution in [1.29, 1.82) is 0 Å². The minimum atomic E-state index is 0.566. The molecule has 0 aliphatic rings. The van der Waals surface area contributed by atoms with Crippen LogP contribution < -0.4 is 0 Å². The lowest BCUT2D eigenvalue weighted by molar-refractivity contribution is 0.393. The molecule has 0 N–H and O–H groups in total. The average molecular weight is 328 g/mol. The summed E-state index contributed by atoms with van der Waals surface area (Å²) in [5.41, 5.74) is 6.16. The molecule has 0 unspecified atom stereocenters. The molecule has 0 saturated carbocycles. The van der Waals surface area contributed by atoms with E-state index in [2.05, 4.69) is 37.8 Å². The molecule has 25 heavy (non-hydrogen) atoms. The molecule has 0 fully saturated rings. The van der Waals surface area contributed by atoms with Crippen LogP contribution in [-0.4, -0.2) is 14.7 Å². The van der Waals surface area contributed by atoms with Gasteiger partial charge in [0.15, 0.2) is 0 Å². The maximum absolute atomic E-state index is 7.43. The summed E-state index contributed by atoms with van der Waals surface area (Å²) in [4.78, 5) is 8.17. The fourth-order valence-corrected chi connectivity index (χ4v) is 3.17. The molecule has 0 aliphatic heterocycles. The second kappa shape index (κ2) is 5.91. The van der Waals surface area contributed by atoms with Crippen molar-refractivity contribution in [3.05, 3.63) is 77.2 Å². The van der Waals surface area contributed by atoms with Gasteiger partial charge in [-0.1, -0.05) is 35.5 Å². The topological polar surface area (TPSA) is 48.2 Å². The fourth-order valence-electron chi connectivity index (χ4n) is 3.17. The van der Waals surface area contributed by atoms with Gasteiger partial charge in [0.2, 0.25) is 5.69 Å². The van der Waals surface area contributed by atoms with Gasteiger partial charge in [-0.25, -0.2) is 4.85 Å². The predicted octanol–water partition coefficient (Wildman–Crippen LogP) is 4.91. The van der Waals surface area contributed by atoms with Crippen LogP contribution in [0.15, 0.2) is 53.3 Å². The summed E-state index contributed by atoms with van der Waals surface area (Å²) in [6.07, 6.45) is 3.66. The van der Waals surface area contributed by atoms with Crippen molar-refractivity contribution < 1.29 is 4.52 Å². The Morgan fingerprint density at radius 2 is 2.00 bits per heavy atom. The number of pyridine rings is 1. The Bertz CT molecular complexity index is 1080. The van der Waals surface area contributed by atoms with Crippen LogP contribution in [0.2, 0.25) is 0 Å². The monoisotopic (exact) mass is 328 g/mol. The Balaban J connectivity index is 1.88. The standard InChI is InChI=1S/C20H16N4O/c1-13-19(14(2)25-23-13)16-9-18-20(22-10-16)17(21-3)12-24(18)11-15-7-5-4-6-8-15/h4-10,12H,11H2,1-2H3. The number of hydrogen-bond acceptors (Lipinski definition) is 3. The second-order valence-electron chi connectivity index (χ2n) is 6.03. The van der Waals surface area contributed by atoms with Crippen LogP contribution in [0, 0.1) is 20.4 Å². The van der Waals surface area contributed by atoms with Gasteiger partial charge < -0.3 is 9.09 Å². The van der Waals surface area contributed by atoms with Gasteiger partial charge >= 0.3 is 0 Å². The highest BCUT2D eigenvalue weighted by Crippen LogP contribution is 2.33. The molecule has 0 amide bonds. The molecule has 0 spiro atoms. The van der Waals surface area contributed by atoms with E-state index in [1.165, 1.54) is 5.56 Å². The molecular weight excluding hydrogens is 312 g/mol. The SMILES string of the molecule is [C-]#[N+]c1cn(Cc2ccccc2)c2cc(-c3c(C)noc3C)cnc12. The summed E-state index contributed by atoms with van der Waals surface area (Å²) in [5.74, 6) is 0.769. The van der Waals surface area contributed by atoms with Gasteiger partial charge in [0.05, 0.1) is 23.3 Å². The molecular formula is C20H16N4O. The van der Waals surface area contributed by atoms with Crippen LogP contribution >= 0.6 is 0 Å². The highest BCUT2D eigenvalue weighted by atomic mass is 16.5. The summed E-state index contributed by atoms with van der Waals surface area (Å²) in [6, 6.07) is 12.3. The summed E-state index contributed by atoms with van der Waals surface area (Å²) >= 11 is 0. The number of fused-ring (bicyclic) bond motifs is 1. The molecule has 3 heterocycles. The highest BCUT2D eigenvalue weighted by Gasteiger charge is 2.16. The highest BCUT2D eigenvalue weighted by molar-refractivity contribution is 5.92. The van der Waals surface area contributed by atoms with E-state index in [-0.39, 0.29) is 0 Å². The van der Waals surface area contributed by atoms with E-state index in [4.69, 9.17) is 11.1 Å². The van der Waals surface area contributed by atoms with Gasteiger partial charge in [0.1, 0.15) is 5.76 Å². The molecule has 0 atom stereocenters. The lowest BCUT2D eigenvalue weighted by Crippen LogP contribution is -1.98. The fraction of sp³-hybridized carbons (Fsp3) is 0.150. The van der Waals surface area contributed by atoms with E-state index in [0.717, 1.165) is 33.6 Å². The van der Waals surface area contributed by atoms with Crippen LogP contribution in [0.25, 0.3) is 27.0 Å². The first-order valence-electron chi connectivity index (χ1n) is 8.01. The summed E-state index contributed by atoms with van der Waals surface area (Å²) < 4.78 is 7.36. The first kappa shape index (κ1) is 15.2. The molecule has 4 aromatic rings. The smallest absolute Gasteiger partial charge is 0.230 e. The quantitative estimate of drug-likeness (QED) is 0.502. The maximum Gasteiger partial charge on any atom is 0.230 e. The minimum Gasteiger partial charge on any atom is -0.361 e. The van der Waals surface area contributed by atoms with Crippen molar-refractivity contribution in [3.63, 3.8) is 0 Å². The molecule has 0 aliphatic carbocycles. The van der Waals surface area contributed by atoms with Gasteiger partial charge in [0.25, 0.3) is 0 Å². The molecule has 1 aromatic carbocycles. The lowest BCUT2D eigenvalue weighted by Gasteiger charge is -2.07. The molecule has 0 radical (unpaired) electrons. The van der Waals surface area contributed by atoms with Crippen LogP contribution in [0.3, 0.4) is 0 Å². The largest absolute Gasteiger partial charge is 0.361 e.